The summed E-state index contributed by atoms with van der Waals surface area (Å²) in [5.74, 6) is 0.576. The van der Waals surface area contributed by atoms with E-state index >= 15 is 0 Å². The first kappa shape index (κ1) is 12.8. The molecule has 3 N–H and O–H groups in total. The Bertz CT molecular complexity index is 348. The molecule has 0 bridgehead atoms. The van der Waals surface area contributed by atoms with Gasteiger partial charge in [0.15, 0.2) is 0 Å². The van der Waals surface area contributed by atoms with Gasteiger partial charge in [0.25, 0.3) is 0 Å². The number of rotatable bonds is 5. The highest BCUT2D eigenvalue weighted by Crippen LogP contribution is 2.18. The van der Waals surface area contributed by atoms with Gasteiger partial charge in [0.05, 0.1) is 0 Å². The molecule has 0 aliphatic heterocycles. The van der Waals surface area contributed by atoms with E-state index in [-0.39, 0.29) is 11.9 Å². The van der Waals surface area contributed by atoms with Crippen LogP contribution in [0.15, 0.2) is 6.07 Å². The molecular weight excluding hydrogens is 224 g/mol. The van der Waals surface area contributed by atoms with Crippen molar-refractivity contribution in [1.82, 2.24) is 9.27 Å². The van der Waals surface area contributed by atoms with E-state index < -0.39 is 0 Å². The first-order chi connectivity index (χ1) is 7.58. The van der Waals surface area contributed by atoms with Crippen LogP contribution in [0.4, 0.5) is 10.8 Å². The molecule has 0 aliphatic rings. The van der Waals surface area contributed by atoms with Crippen molar-refractivity contribution in [1.29, 1.82) is 0 Å². The quantitative estimate of drug-likeness (QED) is 0.818. The summed E-state index contributed by atoms with van der Waals surface area (Å²) in [4.78, 5) is 13.7. The number of hydrogen-bond acceptors (Lipinski definition) is 5. The molecule has 90 valence electrons. The van der Waals surface area contributed by atoms with Crippen molar-refractivity contribution in [2.75, 3.05) is 24.1 Å². The fraction of sp³-hybridized carbons (Fsp3) is 0.600. The maximum absolute atomic E-state index is 11.9. The zero-order chi connectivity index (χ0) is 12.1. The normalized spacial score (nSPS) is 12.2. The number of carbonyl (C=O) groups excluding carboxylic acids is 1. The summed E-state index contributed by atoms with van der Waals surface area (Å²) in [7, 11) is 0. The Balaban J connectivity index is 2.57. The second-order valence-corrected chi connectivity index (χ2v) is 4.30. The van der Waals surface area contributed by atoms with Crippen LogP contribution in [0.25, 0.3) is 0 Å². The molecule has 0 aromatic carbocycles. The molecule has 0 aliphatic carbocycles. The van der Waals surface area contributed by atoms with Crippen LogP contribution in [0, 0.1) is 0 Å². The molecule has 5 nitrogen and oxygen atoms in total. The van der Waals surface area contributed by atoms with Crippen LogP contribution >= 0.6 is 11.5 Å². The van der Waals surface area contributed by atoms with Crippen molar-refractivity contribution in [3.63, 3.8) is 0 Å². The molecule has 0 fully saturated rings. The number of hydrogen-bond donors (Lipinski definition) is 2. The van der Waals surface area contributed by atoms with Gasteiger partial charge >= 0.3 is 0 Å². The fourth-order valence-corrected chi connectivity index (χ4v) is 2.10. The summed E-state index contributed by atoms with van der Waals surface area (Å²) >= 11 is 1.27. The van der Waals surface area contributed by atoms with Gasteiger partial charge < -0.3 is 16.0 Å². The predicted molar refractivity (Wildman–Crippen MR) is 67.5 cm³/mol. The van der Waals surface area contributed by atoms with Gasteiger partial charge in [-0.3, -0.25) is 4.79 Å². The molecule has 1 aromatic rings. The van der Waals surface area contributed by atoms with E-state index in [0.29, 0.717) is 5.82 Å². The number of nitrogen functional groups attached to an aromatic ring is 1. The van der Waals surface area contributed by atoms with Gasteiger partial charge in [-0.2, -0.15) is 4.37 Å². The van der Waals surface area contributed by atoms with Crippen LogP contribution in [0.3, 0.4) is 0 Å². The Morgan fingerprint density at radius 3 is 2.69 bits per heavy atom. The molecule has 0 radical (unpaired) electrons. The summed E-state index contributed by atoms with van der Waals surface area (Å²) in [5, 5.41) is 3.92. The minimum Gasteiger partial charge on any atom is -0.383 e. The standard InChI is InChI=1S/C10H18N4OS/c1-4-14(5-2)10(15)7(3)12-9-6-8(11)13-16-9/h6-7,12H,4-5H2,1-3H3,(H2,11,13). The average molecular weight is 242 g/mol. The van der Waals surface area contributed by atoms with Crippen molar-refractivity contribution in [3.05, 3.63) is 6.07 Å². The van der Waals surface area contributed by atoms with Crippen LogP contribution in [0.5, 0.6) is 0 Å². The highest BCUT2D eigenvalue weighted by atomic mass is 32.1. The minimum atomic E-state index is -0.250. The monoisotopic (exact) mass is 242 g/mol. The Morgan fingerprint density at radius 2 is 2.25 bits per heavy atom. The lowest BCUT2D eigenvalue weighted by molar-refractivity contribution is -0.131. The predicted octanol–water partition coefficient (Wildman–Crippen LogP) is 1.39. The fourth-order valence-electron chi connectivity index (χ4n) is 1.44. The molecule has 1 unspecified atom stereocenters. The minimum absolute atomic E-state index is 0.0944. The lowest BCUT2D eigenvalue weighted by Gasteiger charge is -2.23. The van der Waals surface area contributed by atoms with Gasteiger partial charge in [-0.05, 0) is 32.3 Å². The van der Waals surface area contributed by atoms with E-state index in [1.54, 1.807) is 11.0 Å². The third-order valence-electron chi connectivity index (χ3n) is 2.33. The smallest absolute Gasteiger partial charge is 0.244 e. The Morgan fingerprint density at radius 1 is 1.62 bits per heavy atom. The number of anilines is 2. The molecule has 0 saturated heterocycles. The van der Waals surface area contributed by atoms with Crippen LogP contribution < -0.4 is 11.1 Å². The summed E-state index contributed by atoms with van der Waals surface area (Å²) < 4.78 is 3.95. The summed E-state index contributed by atoms with van der Waals surface area (Å²) in [6.45, 7) is 7.24. The number of aromatic nitrogens is 1. The number of carbonyl (C=O) groups is 1. The van der Waals surface area contributed by atoms with Crippen molar-refractivity contribution in [2.45, 2.75) is 26.8 Å². The number of nitrogens with zero attached hydrogens (tertiary/aromatic N) is 2. The summed E-state index contributed by atoms with van der Waals surface area (Å²) in [6.07, 6.45) is 0. The Kier molecular flexibility index (Phi) is 4.54. The zero-order valence-electron chi connectivity index (χ0n) is 9.86. The molecule has 0 saturated carbocycles. The van der Waals surface area contributed by atoms with Gasteiger partial charge in [-0.15, -0.1) is 0 Å². The van der Waals surface area contributed by atoms with E-state index in [2.05, 4.69) is 9.69 Å². The molecule has 16 heavy (non-hydrogen) atoms. The third-order valence-corrected chi connectivity index (χ3v) is 3.07. The first-order valence-electron chi connectivity index (χ1n) is 5.36. The van der Waals surface area contributed by atoms with E-state index in [9.17, 15) is 4.79 Å². The van der Waals surface area contributed by atoms with E-state index in [0.717, 1.165) is 18.1 Å². The number of nitrogens with one attached hydrogen (secondary N) is 1. The first-order valence-corrected chi connectivity index (χ1v) is 6.13. The van der Waals surface area contributed by atoms with Gasteiger partial charge in [0, 0.05) is 19.2 Å². The molecule has 1 rings (SSSR count). The maximum Gasteiger partial charge on any atom is 0.244 e. The topological polar surface area (TPSA) is 71.2 Å². The summed E-state index contributed by atoms with van der Waals surface area (Å²) in [6, 6.07) is 1.48. The van der Waals surface area contributed by atoms with E-state index in [1.165, 1.54) is 11.5 Å². The maximum atomic E-state index is 11.9. The molecule has 0 spiro atoms. The van der Waals surface area contributed by atoms with Crippen LogP contribution in [-0.4, -0.2) is 34.3 Å². The highest BCUT2D eigenvalue weighted by Gasteiger charge is 2.18. The lowest BCUT2D eigenvalue weighted by Crippen LogP contribution is -2.41. The Hall–Kier alpha value is -1.30. The average Bonchev–Trinajstić information content (AvgIpc) is 2.65. The van der Waals surface area contributed by atoms with Crippen molar-refractivity contribution < 1.29 is 4.79 Å². The molecule has 1 aromatic heterocycles. The molecule has 1 amide bonds. The third kappa shape index (κ3) is 3.10. The lowest BCUT2D eigenvalue weighted by atomic mass is 10.3. The number of nitrogens with two attached hydrogens (primary N) is 1. The van der Waals surface area contributed by atoms with Crippen molar-refractivity contribution >= 4 is 28.3 Å². The largest absolute Gasteiger partial charge is 0.383 e. The van der Waals surface area contributed by atoms with Crippen molar-refractivity contribution in [2.24, 2.45) is 0 Å². The second-order valence-electron chi connectivity index (χ2n) is 3.49. The molecule has 6 heteroatoms. The highest BCUT2D eigenvalue weighted by molar-refractivity contribution is 7.10. The molecule has 1 atom stereocenters. The molecular formula is C10H18N4OS. The zero-order valence-corrected chi connectivity index (χ0v) is 10.7. The number of amides is 1. The van der Waals surface area contributed by atoms with Gasteiger partial charge in [0.1, 0.15) is 16.9 Å². The van der Waals surface area contributed by atoms with Gasteiger partial charge in [-0.25, -0.2) is 0 Å². The second kappa shape index (κ2) is 5.69. The molecule has 1 heterocycles. The number of likely N-dealkylation sites (N-methyl/N-ethyl adjacent to an activating group) is 1. The van der Waals surface area contributed by atoms with Crippen LogP contribution in [-0.2, 0) is 4.79 Å². The van der Waals surface area contributed by atoms with Gasteiger partial charge in [0.2, 0.25) is 5.91 Å². The van der Waals surface area contributed by atoms with E-state index in [4.69, 9.17) is 5.73 Å². The van der Waals surface area contributed by atoms with Gasteiger partial charge in [-0.1, -0.05) is 0 Å². The van der Waals surface area contributed by atoms with Crippen molar-refractivity contribution in [3.8, 4) is 0 Å². The van der Waals surface area contributed by atoms with E-state index in [1.807, 2.05) is 20.8 Å². The SMILES string of the molecule is CCN(CC)C(=O)C(C)Nc1cc(N)ns1. The Labute approximate surface area is 99.8 Å². The summed E-state index contributed by atoms with van der Waals surface area (Å²) in [5.41, 5.74) is 5.51. The van der Waals surface area contributed by atoms with Crippen LogP contribution in [0.2, 0.25) is 0 Å². The van der Waals surface area contributed by atoms with Crippen LogP contribution in [0.1, 0.15) is 20.8 Å².